The summed E-state index contributed by atoms with van der Waals surface area (Å²) in [6.07, 6.45) is 5.27. The topological polar surface area (TPSA) is 64.4 Å². The van der Waals surface area contributed by atoms with E-state index in [2.05, 4.69) is 5.32 Å². The molecule has 19 heavy (non-hydrogen) atoms. The lowest BCUT2D eigenvalue weighted by Crippen LogP contribution is -2.20. The molecule has 0 bridgehead atoms. The van der Waals surface area contributed by atoms with Gasteiger partial charge in [0.15, 0.2) is 5.75 Å². The molecule has 1 aliphatic rings. The molecule has 1 N–H and O–H groups in total. The first-order valence-corrected chi connectivity index (χ1v) is 6.72. The highest BCUT2D eigenvalue weighted by atomic mass is 16.6. The molecule has 104 valence electrons. The highest BCUT2D eigenvalue weighted by molar-refractivity contribution is 5.48. The van der Waals surface area contributed by atoms with Gasteiger partial charge in [0.25, 0.3) is 0 Å². The highest BCUT2D eigenvalue weighted by Crippen LogP contribution is 2.27. The predicted molar refractivity (Wildman–Crippen MR) is 73.3 cm³/mol. The summed E-state index contributed by atoms with van der Waals surface area (Å²) in [7, 11) is 1.44. The zero-order valence-corrected chi connectivity index (χ0v) is 11.2. The van der Waals surface area contributed by atoms with Crippen molar-refractivity contribution in [3.05, 3.63) is 33.9 Å². The lowest BCUT2D eigenvalue weighted by molar-refractivity contribution is -0.385. The van der Waals surface area contributed by atoms with Crippen molar-refractivity contribution in [2.45, 2.75) is 32.2 Å². The summed E-state index contributed by atoms with van der Waals surface area (Å²) in [5.74, 6) is 1.08. The van der Waals surface area contributed by atoms with E-state index < -0.39 is 4.92 Å². The van der Waals surface area contributed by atoms with Gasteiger partial charge < -0.3 is 10.1 Å². The SMILES string of the molecule is COc1ccc(CNCC2CCCC2)cc1[N+](=O)[O-]. The van der Waals surface area contributed by atoms with E-state index in [0.717, 1.165) is 18.0 Å². The molecule has 1 aliphatic carbocycles. The summed E-state index contributed by atoms with van der Waals surface area (Å²) in [4.78, 5) is 10.5. The fraction of sp³-hybridized carbons (Fsp3) is 0.571. The molecule has 0 unspecified atom stereocenters. The van der Waals surface area contributed by atoms with E-state index in [4.69, 9.17) is 4.74 Å². The van der Waals surface area contributed by atoms with E-state index in [-0.39, 0.29) is 5.69 Å². The lowest BCUT2D eigenvalue weighted by Gasteiger charge is -2.11. The largest absolute Gasteiger partial charge is 0.490 e. The van der Waals surface area contributed by atoms with E-state index in [1.165, 1.54) is 32.8 Å². The highest BCUT2D eigenvalue weighted by Gasteiger charge is 2.16. The van der Waals surface area contributed by atoms with Gasteiger partial charge in [0, 0.05) is 12.6 Å². The van der Waals surface area contributed by atoms with Crippen molar-refractivity contribution in [3.8, 4) is 5.75 Å². The number of hydrogen-bond donors (Lipinski definition) is 1. The normalized spacial score (nSPS) is 15.6. The van der Waals surface area contributed by atoms with Gasteiger partial charge in [0.05, 0.1) is 12.0 Å². The maximum Gasteiger partial charge on any atom is 0.311 e. The number of nitro groups is 1. The fourth-order valence-electron chi connectivity index (χ4n) is 2.62. The second kappa shape index (κ2) is 6.52. The monoisotopic (exact) mass is 264 g/mol. The Morgan fingerprint density at radius 3 is 2.79 bits per heavy atom. The maximum absolute atomic E-state index is 10.9. The second-order valence-corrected chi connectivity index (χ2v) is 5.04. The van der Waals surface area contributed by atoms with E-state index >= 15 is 0 Å². The van der Waals surface area contributed by atoms with Gasteiger partial charge in [-0.25, -0.2) is 0 Å². The van der Waals surface area contributed by atoms with E-state index in [1.54, 1.807) is 12.1 Å². The van der Waals surface area contributed by atoms with Crippen LogP contribution in [0.1, 0.15) is 31.2 Å². The van der Waals surface area contributed by atoms with Crippen LogP contribution in [-0.4, -0.2) is 18.6 Å². The molecule has 5 nitrogen and oxygen atoms in total. The van der Waals surface area contributed by atoms with Gasteiger partial charge in [0.2, 0.25) is 0 Å². The van der Waals surface area contributed by atoms with Crippen LogP contribution in [0.4, 0.5) is 5.69 Å². The third-order valence-electron chi connectivity index (χ3n) is 3.68. The molecule has 5 heteroatoms. The molecular weight excluding hydrogens is 244 g/mol. The van der Waals surface area contributed by atoms with Crippen LogP contribution in [-0.2, 0) is 6.54 Å². The summed E-state index contributed by atoms with van der Waals surface area (Å²) in [6, 6.07) is 5.11. The van der Waals surface area contributed by atoms with Crippen molar-refractivity contribution in [3.63, 3.8) is 0 Å². The number of rotatable bonds is 6. The van der Waals surface area contributed by atoms with Crippen molar-refractivity contribution in [1.29, 1.82) is 0 Å². The van der Waals surface area contributed by atoms with Gasteiger partial charge in [0.1, 0.15) is 0 Å². The Labute approximate surface area is 113 Å². The second-order valence-electron chi connectivity index (χ2n) is 5.04. The van der Waals surface area contributed by atoms with Gasteiger partial charge in [-0.3, -0.25) is 10.1 Å². The average Bonchev–Trinajstić information content (AvgIpc) is 2.91. The molecule has 0 saturated heterocycles. The van der Waals surface area contributed by atoms with E-state index in [0.29, 0.717) is 12.3 Å². The molecule has 1 saturated carbocycles. The standard InChI is InChI=1S/C14H20N2O3/c1-19-14-7-6-12(8-13(14)16(17)18)10-15-9-11-4-2-3-5-11/h6-8,11,15H,2-5,9-10H2,1H3. The van der Waals surface area contributed by atoms with Crippen LogP contribution in [0.2, 0.25) is 0 Å². The minimum absolute atomic E-state index is 0.0302. The Hall–Kier alpha value is -1.62. The Balaban J connectivity index is 1.92. The summed E-state index contributed by atoms with van der Waals surface area (Å²) in [5, 5.41) is 14.3. The number of benzene rings is 1. The molecule has 0 aromatic heterocycles. The molecule has 1 aromatic rings. The van der Waals surface area contributed by atoms with Crippen molar-refractivity contribution < 1.29 is 9.66 Å². The Bertz CT molecular complexity index is 442. The summed E-state index contributed by atoms with van der Waals surface area (Å²) < 4.78 is 4.99. The van der Waals surface area contributed by atoms with Gasteiger partial charge in [-0.1, -0.05) is 18.9 Å². The molecule has 0 aliphatic heterocycles. The van der Waals surface area contributed by atoms with Crippen molar-refractivity contribution in [2.75, 3.05) is 13.7 Å². The molecule has 2 rings (SSSR count). The zero-order chi connectivity index (χ0) is 13.7. The van der Waals surface area contributed by atoms with Crippen LogP contribution in [0, 0.1) is 16.0 Å². The minimum atomic E-state index is -0.403. The summed E-state index contributed by atoms with van der Waals surface area (Å²) in [5.41, 5.74) is 0.952. The number of methoxy groups -OCH3 is 1. The first-order valence-electron chi connectivity index (χ1n) is 6.72. The van der Waals surface area contributed by atoms with Crippen LogP contribution < -0.4 is 10.1 Å². The first kappa shape index (κ1) is 13.8. The number of ether oxygens (including phenoxy) is 1. The van der Waals surface area contributed by atoms with Gasteiger partial charge >= 0.3 is 5.69 Å². The summed E-state index contributed by atoms with van der Waals surface area (Å²) in [6.45, 7) is 1.67. The van der Waals surface area contributed by atoms with Crippen molar-refractivity contribution in [1.82, 2.24) is 5.32 Å². The lowest BCUT2D eigenvalue weighted by atomic mass is 10.1. The molecule has 1 fully saturated rings. The fourth-order valence-corrected chi connectivity index (χ4v) is 2.62. The number of nitrogens with zero attached hydrogens (tertiary/aromatic N) is 1. The van der Waals surface area contributed by atoms with Crippen LogP contribution in [0.25, 0.3) is 0 Å². The summed E-state index contributed by atoms with van der Waals surface area (Å²) >= 11 is 0. The van der Waals surface area contributed by atoms with Crippen molar-refractivity contribution >= 4 is 5.69 Å². The van der Waals surface area contributed by atoms with Crippen LogP contribution in [0.15, 0.2) is 18.2 Å². The molecule has 0 atom stereocenters. The van der Waals surface area contributed by atoms with E-state index in [9.17, 15) is 10.1 Å². The molecule has 0 amide bonds. The average molecular weight is 264 g/mol. The quantitative estimate of drug-likeness (QED) is 0.634. The zero-order valence-electron chi connectivity index (χ0n) is 11.2. The third-order valence-corrected chi connectivity index (χ3v) is 3.68. The van der Waals surface area contributed by atoms with Crippen LogP contribution in [0.5, 0.6) is 5.75 Å². The maximum atomic E-state index is 10.9. The molecular formula is C14H20N2O3. The number of nitrogens with one attached hydrogen (secondary N) is 1. The minimum Gasteiger partial charge on any atom is -0.490 e. The van der Waals surface area contributed by atoms with Crippen molar-refractivity contribution in [2.24, 2.45) is 5.92 Å². The van der Waals surface area contributed by atoms with E-state index in [1.807, 2.05) is 6.07 Å². The Morgan fingerprint density at radius 1 is 1.42 bits per heavy atom. The molecule has 1 aromatic carbocycles. The van der Waals surface area contributed by atoms with Gasteiger partial charge in [-0.05, 0) is 36.9 Å². The smallest absolute Gasteiger partial charge is 0.311 e. The Kier molecular flexibility index (Phi) is 4.74. The molecule has 0 spiro atoms. The van der Waals surface area contributed by atoms with Gasteiger partial charge in [-0.15, -0.1) is 0 Å². The molecule has 0 heterocycles. The first-order chi connectivity index (χ1) is 9.20. The molecule has 0 radical (unpaired) electrons. The van der Waals surface area contributed by atoms with Crippen LogP contribution >= 0.6 is 0 Å². The van der Waals surface area contributed by atoms with Gasteiger partial charge in [-0.2, -0.15) is 0 Å². The Morgan fingerprint density at radius 2 is 2.16 bits per heavy atom. The predicted octanol–water partition coefficient (Wildman–Crippen LogP) is 2.88. The number of nitro benzene ring substituents is 1. The third kappa shape index (κ3) is 3.67. The van der Waals surface area contributed by atoms with Crippen LogP contribution in [0.3, 0.4) is 0 Å². The number of hydrogen-bond acceptors (Lipinski definition) is 4.